The summed E-state index contributed by atoms with van der Waals surface area (Å²) in [6, 6.07) is 13.7. The SMILES string of the molecule is Cc1cccc(C)c1Nc1ccc(C(=O)N(C)CCc2ccncc2)cn1. The summed E-state index contributed by atoms with van der Waals surface area (Å²) in [6.07, 6.45) is 5.96. The molecule has 1 aromatic carbocycles. The molecule has 3 aromatic rings. The Kier molecular flexibility index (Phi) is 5.81. The molecule has 138 valence electrons. The molecule has 1 amide bonds. The number of pyridine rings is 2. The zero-order valence-corrected chi connectivity index (χ0v) is 15.9. The summed E-state index contributed by atoms with van der Waals surface area (Å²) in [4.78, 5) is 22.7. The number of hydrogen-bond acceptors (Lipinski definition) is 4. The van der Waals surface area contributed by atoms with Gasteiger partial charge >= 0.3 is 0 Å². The number of hydrogen-bond donors (Lipinski definition) is 1. The van der Waals surface area contributed by atoms with Gasteiger partial charge in [0, 0.05) is 37.9 Å². The highest BCUT2D eigenvalue weighted by Gasteiger charge is 2.12. The third kappa shape index (κ3) is 4.70. The molecule has 0 spiro atoms. The zero-order valence-electron chi connectivity index (χ0n) is 15.9. The fourth-order valence-corrected chi connectivity index (χ4v) is 2.90. The van der Waals surface area contributed by atoms with Gasteiger partial charge in [-0.1, -0.05) is 18.2 Å². The van der Waals surface area contributed by atoms with Gasteiger partial charge in [-0.2, -0.15) is 0 Å². The number of amides is 1. The van der Waals surface area contributed by atoms with Crippen molar-refractivity contribution in [2.45, 2.75) is 20.3 Å². The first kappa shape index (κ1) is 18.6. The lowest BCUT2D eigenvalue weighted by Gasteiger charge is -2.17. The van der Waals surface area contributed by atoms with Crippen LogP contribution in [0.2, 0.25) is 0 Å². The number of aromatic nitrogens is 2. The molecule has 0 saturated heterocycles. The van der Waals surface area contributed by atoms with Gasteiger partial charge in [0.25, 0.3) is 5.91 Å². The molecule has 2 aromatic heterocycles. The van der Waals surface area contributed by atoms with Crippen LogP contribution in [0.4, 0.5) is 11.5 Å². The summed E-state index contributed by atoms with van der Waals surface area (Å²) < 4.78 is 0. The van der Waals surface area contributed by atoms with E-state index in [0.29, 0.717) is 12.1 Å². The fourth-order valence-electron chi connectivity index (χ4n) is 2.90. The normalized spacial score (nSPS) is 10.5. The van der Waals surface area contributed by atoms with Crippen molar-refractivity contribution in [1.29, 1.82) is 0 Å². The van der Waals surface area contributed by atoms with E-state index < -0.39 is 0 Å². The Morgan fingerprint density at radius 2 is 1.74 bits per heavy atom. The zero-order chi connectivity index (χ0) is 19.2. The van der Waals surface area contributed by atoms with Crippen LogP contribution in [0.3, 0.4) is 0 Å². The minimum atomic E-state index is -0.0322. The summed E-state index contributed by atoms with van der Waals surface area (Å²) in [5.41, 5.74) is 5.12. The molecule has 0 atom stereocenters. The Balaban J connectivity index is 1.63. The van der Waals surface area contributed by atoms with Gasteiger partial charge in [0.05, 0.1) is 5.56 Å². The van der Waals surface area contributed by atoms with Gasteiger partial charge < -0.3 is 10.2 Å². The molecule has 3 rings (SSSR count). The number of rotatable bonds is 6. The van der Waals surface area contributed by atoms with E-state index in [9.17, 15) is 4.79 Å². The smallest absolute Gasteiger partial charge is 0.255 e. The van der Waals surface area contributed by atoms with Gasteiger partial charge in [-0.15, -0.1) is 0 Å². The molecular weight excluding hydrogens is 336 g/mol. The van der Waals surface area contributed by atoms with Crippen molar-refractivity contribution in [3.05, 3.63) is 83.3 Å². The lowest BCUT2D eigenvalue weighted by Crippen LogP contribution is -2.28. The predicted molar refractivity (Wildman–Crippen MR) is 108 cm³/mol. The molecule has 0 bridgehead atoms. The first-order chi connectivity index (χ1) is 13.0. The van der Waals surface area contributed by atoms with Gasteiger partial charge in [0.1, 0.15) is 5.82 Å². The van der Waals surface area contributed by atoms with Gasteiger partial charge in [0.15, 0.2) is 0 Å². The Morgan fingerprint density at radius 3 is 2.37 bits per heavy atom. The van der Waals surface area contributed by atoms with E-state index in [1.54, 1.807) is 23.5 Å². The summed E-state index contributed by atoms with van der Waals surface area (Å²) in [5.74, 6) is 0.693. The van der Waals surface area contributed by atoms with Gasteiger partial charge in [0.2, 0.25) is 0 Å². The maximum Gasteiger partial charge on any atom is 0.255 e. The number of benzene rings is 1. The second-order valence-corrected chi connectivity index (χ2v) is 6.66. The lowest BCUT2D eigenvalue weighted by molar-refractivity contribution is 0.0796. The summed E-state index contributed by atoms with van der Waals surface area (Å²) >= 11 is 0. The molecule has 27 heavy (non-hydrogen) atoms. The molecule has 0 aliphatic heterocycles. The average molecular weight is 360 g/mol. The maximum atomic E-state index is 12.6. The van der Waals surface area contributed by atoms with Crippen molar-refractivity contribution in [3.8, 4) is 0 Å². The number of aryl methyl sites for hydroxylation is 2. The Hall–Kier alpha value is -3.21. The molecule has 0 fully saturated rings. The van der Waals surface area contributed by atoms with Crippen LogP contribution >= 0.6 is 0 Å². The Morgan fingerprint density at radius 1 is 1.04 bits per heavy atom. The predicted octanol–water partition coefficient (Wildman–Crippen LogP) is 4.15. The highest BCUT2D eigenvalue weighted by atomic mass is 16.2. The number of anilines is 2. The van der Waals surface area contributed by atoms with E-state index in [2.05, 4.69) is 41.3 Å². The maximum absolute atomic E-state index is 12.6. The Labute approximate surface area is 160 Å². The summed E-state index contributed by atoms with van der Waals surface area (Å²) in [6.45, 7) is 4.77. The molecular formula is C22H24N4O. The summed E-state index contributed by atoms with van der Waals surface area (Å²) in [7, 11) is 1.81. The van der Waals surface area contributed by atoms with Gasteiger partial charge in [-0.05, 0) is 61.2 Å². The molecule has 0 aliphatic carbocycles. The van der Waals surface area contributed by atoms with E-state index in [0.717, 1.165) is 34.6 Å². The largest absolute Gasteiger partial charge is 0.341 e. The minimum absolute atomic E-state index is 0.0322. The Bertz CT molecular complexity index is 887. The van der Waals surface area contributed by atoms with Crippen molar-refractivity contribution in [2.24, 2.45) is 0 Å². The van der Waals surface area contributed by atoms with E-state index in [1.165, 1.54) is 0 Å². The summed E-state index contributed by atoms with van der Waals surface area (Å²) in [5, 5.41) is 3.34. The van der Waals surface area contributed by atoms with Crippen LogP contribution in [0.25, 0.3) is 0 Å². The highest BCUT2D eigenvalue weighted by Crippen LogP contribution is 2.23. The van der Waals surface area contributed by atoms with E-state index in [-0.39, 0.29) is 5.91 Å². The van der Waals surface area contributed by atoms with Crippen LogP contribution in [0.15, 0.2) is 61.1 Å². The topological polar surface area (TPSA) is 58.1 Å². The average Bonchev–Trinajstić information content (AvgIpc) is 2.70. The van der Waals surface area contributed by atoms with Crippen LogP contribution in [0.5, 0.6) is 0 Å². The van der Waals surface area contributed by atoms with Crippen molar-refractivity contribution in [1.82, 2.24) is 14.9 Å². The van der Waals surface area contributed by atoms with Crippen LogP contribution in [-0.4, -0.2) is 34.4 Å². The molecule has 1 N–H and O–H groups in total. The molecule has 5 heteroatoms. The van der Waals surface area contributed by atoms with E-state index in [4.69, 9.17) is 0 Å². The van der Waals surface area contributed by atoms with Crippen LogP contribution in [0.1, 0.15) is 27.0 Å². The highest BCUT2D eigenvalue weighted by molar-refractivity contribution is 5.94. The number of likely N-dealkylation sites (N-methyl/N-ethyl adjacent to an activating group) is 1. The molecule has 0 aliphatic rings. The standard InChI is InChI=1S/C22H24N4O/c1-16-5-4-6-17(2)21(16)25-20-8-7-19(15-24-20)22(27)26(3)14-11-18-9-12-23-13-10-18/h4-10,12-13,15H,11,14H2,1-3H3,(H,24,25). The quantitative estimate of drug-likeness (QED) is 0.717. The molecule has 5 nitrogen and oxygen atoms in total. The monoisotopic (exact) mass is 360 g/mol. The third-order valence-corrected chi connectivity index (χ3v) is 4.58. The fraction of sp³-hybridized carbons (Fsp3) is 0.227. The third-order valence-electron chi connectivity index (χ3n) is 4.58. The van der Waals surface area contributed by atoms with Crippen LogP contribution in [0, 0.1) is 13.8 Å². The van der Waals surface area contributed by atoms with Crippen LogP contribution < -0.4 is 5.32 Å². The molecule has 0 saturated carbocycles. The number of nitrogens with one attached hydrogen (secondary N) is 1. The molecule has 2 heterocycles. The first-order valence-electron chi connectivity index (χ1n) is 8.98. The van der Waals surface area contributed by atoms with E-state index in [1.807, 2.05) is 37.4 Å². The van der Waals surface area contributed by atoms with Crippen molar-refractivity contribution in [2.75, 3.05) is 18.9 Å². The van der Waals surface area contributed by atoms with Gasteiger partial charge in [-0.3, -0.25) is 9.78 Å². The lowest BCUT2D eigenvalue weighted by atomic mass is 10.1. The molecule has 0 unspecified atom stereocenters. The number of nitrogens with zero attached hydrogens (tertiary/aromatic N) is 3. The second-order valence-electron chi connectivity index (χ2n) is 6.66. The van der Waals surface area contributed by atoms with Gasteiger partial charge in [-0.25, -0.2) is 4.98 Å². The molecule has 0 radical (unpaired) electrons. The second kappa shape index (κ2) is 8.45. The van der Waals surface area contributed by atoms with Crippen molar-refractivity contribution >= 4 is 17.4 Å². The number of para-hydroxylation sites is 1. The van der Waals surface area contributed by atoms with Crippen molar-refractivity contribution in [3.63, 3.8) is 0 Å². The minimum Gasteiger partial charge on any atom is -0.341 e. The number of carbonyl (C=O) groups is 1. The van der Waals surface area contributed by atoms with Crippen LogP contribution in [-0.2, 0) is 6.42 Å². The first-order valence-corrected chi connectivity index (χ1v) is 8.98. The number of carbonyl (C=O) groups excluding carboxylic acids is 1. The van der Waals surface area contributed by atoms with E-state index >= 15 is 0 Å². The van der Waals surface area contributed by atoms with Crippen molar-refractivity contribution < 1.29 is 4.79 Å².